The molecule has 22 heavy (non-hydrogen) atoms. The highest BCUT2D eigenvalue weighted by Gasteiger charge is 2.06. The third-order valence-electron chi connectivity index (χ3n) is 4.07. The minimum atomic E-state index is -0.110. The van der Waals surface area contributed by atoms with Crippen LogP contribution in [-0.2, 0) is 12.8 Å². The first-order chi connectivity index (χ1) is 10.5. The van der Waals surface area contributed by atoms with Gasteiger partial charge in [-0.2, -0.15) is 0 Å². The fraction of sp³-hybridized carbons (Fsp3) is 0.368. The molecule has 0 aliphatic carbocycles. The highest BCUT2D eigenvalue weighted by Crippen LogP contribution is 2.24. The maximum Gasteiger partial charge on any atom is 0.126 e. The fourth-order valence-electron chi connectivity index (χ4n) is 2.46. The minimum Gasteiger partial charge on any atom is -0.207 e. The first-order valence-corrected chi connectivity index (χ1v) is 8.40. The highest BCUT2D eigenvalue weighted by atomic mass is 35.5. The molecule has 0 nitrogen and oxygen atoms in total. The summed E-state index contributed by atoms with van der Waals surface area (Å²) < 4.78 is 13.5. The summed E-state index contributed by atoms with van der Waals surface area (Å²) >= 11 is 12.0. The van der Waals surface area contributed by atoms with Gasteiger partial charge in [0.05, 0.1) is 10.0 Å². The molecule has 0 saturated heterocycles. The second-order valence-corrected chi connectivity index (χ2v) is 6.83. The summed E-state index contributed by atoms with van der Waals surface area (Å²) in [5, 5.41) is 1.21. The Morgan fingerprint density at radius 1 is 0.909 bits per heavy atom. The summed E-state index contributed by atoms with van der Waals surface area (Å²) in [4.78, 5) is 0. The Balaban J connectivity index is 1.81. The van der Waals surface area contributed by atoms with Crippen molar-refractivity contribution in [1.29, 1.82) is 0 Å². The molecular formula is C19H21Cl2F. The van der Waals surface area contributed by atoms with E-state index in [9.17, 15) is 4.39 Å². The maximum atomic E-state index is 13.5. The zero-order chi connectivity index (χ0) is 16.1. The van der Waals surface area contributed by atoms with E-state index in [2.05, 4.69) is 6.92 Å². The molecule has 2 aromatic carbocycles. The van der Waals surface area contributed by atoms with Crippen molar-refractivity contribution >= 4 is 23.2 Å². The lowest BCUT2D eigenvalue weighted by molar-refractivity contribution is 0.492. The van der Waals surface area contributed by atoms with Crippen molar-refractivity contribution < 1.29 is 4.39 Å². The van der Waals surface area contributed by atoms with Gasteiger partial charge >= 0.3 is 0 Å². The molecule has 0 aliphatic heterocycles. The van der Waals surface area contributed by atoms with Crippen molar-refractivity contribution in [2.45, 2.75) is 39.5 Å². The van der Waals surface area contributed by atoms with Crippen molar-refractivity contribution in [1.82, 2.24) is 0 Å². The van der Waals surface area contributed by atoms with E-state index in [-0.39, 0.29) is 5.82 Å². The van der Waals surface area contributed by atoms with E-state index in [1.54, 1.807) is 13.0 Å². The van der Waals surface area contributed by atoms with Crippen LogP contribution in [0.4, 0.5) is 4.39 Å². The van der Waals surface area contributed by atoms with Gasteiger partial charge in [-0.1, -0.05) is 48.3 Å². The van der Waals surface area contributed by atoms with Gasteiger partial charge in [0.1, 0.15) is 5.82 Å². The quantitative estimate of drug-likeness (QED) is 0.553. The van der Waals surface area contributed by atoms with E-state index in [1.807, 2.05) is 30.3 Å². The van der Waals surface area contributed by atoms with E-state index in [1.165, 1.54) is 5.56 Å². The molecule has 1 atom stereocenters. The van der Waals surface area contributed by atoms with E-state index >= 15 is 0 Å². The molecule has 0 heterocycles. The van der Waals surface area contributed by atoms with Crippen LogP contribution >= 0.6 is 23.2 Å². The van der Waals surface area contributed by atoms with Gasteiger partial charge < -0.3 is 0 Å². The molecule has 1 unspecified atom stereocenters. The Morgan fingerprint density at radius 2 is 1.50 bits per heavy atom. The van der Waals surface area contributed by atoms with E-state index in [4.69, 9.17) is 23.2 Å². The predicted octanol–water partition coefficient (Wildman–Crippen LogP) is 6.64. The molecule has 0 saturated carbocycles. The number of aryl methyl sites for hydroxylation is 3. The van der Waals surface area contributed by atoms with Crippen molar-refractivity contribution in [2.24, 2.45) is 5.92 Å². The Hall–Kier alpha value is -1.05. The van der Waals surface area contributed by atoms with Gasteiger partial charge in [0, 0.05) is 0 Å². The SMILES string of the molecule is Cc1ccc(CCC(C)CCc2ccc(Cl)c(Cl)c2)cc1F. The van der Waals surface area contributed by atoms with Crippen LogP contribution in [0, 0.1) is 18.7 Å². The molecule has 2 rings (SSSR count). The molecule has 0 radical (unpaired) electrons. The molecule has 118 valence electrons. The number of benzene rings is 2. The van der Waals surface area contributed by atoms with Crippen molar-refractivity contribution in [3.05, 3.63) is 69.0 Å². The van der Waals surface area contributed by atoms with Crippen LogP contribution in [0.1, 0.15) is 36.5 Å². The summed E-state index contributed by atoms with van der Waals surface area (Å²) in [7, 11) is 0. The number of hydrogen-bond acceptors (Lipinski definition) is 0. The molecule has 3 heteroatoms. The zero-order valence-corrected chi connectivity index (χ0v) is 14.5. The second kappa shape index (κ2) is 7.99. The standard InChI is InChI=1S/C19H21Cl2F/c1-13(3-6-15-9-10-17(20)18(21)11-15)4-7-16-8-5-14(2)19(22)12-16/h5,8-13H,3-4,6-7H2,1-2H3. The van der Waals surface area contributed by atoms with E-state index in [0.29, 0.717) is 21.5 Å². The predicted molar refractivity (Wildman–Crippen MR) is 93.4 cm³/mol. The summed E-state index contributed by atoms with van der Waals surface area (Å²) in [6.07, 6.45) is 4.05. The Bertz CT molecular complexity index is 582. The molecule has 0 aliphatic rings. The maximum absolute atomic E-state index is 13.5. The van der Waals surface area contributed by atoms with Gasteiger partial charge in [0.15, 0.2) is 0 Å². The normalized spacial score (nSPS) is 12.4. The lowest BCUT2D eigenvalue weighted by Gasteiger charge is -2.12. The Labute approximate surface area is 142 Å². The van der Waals surface area contributed by atoms with Crippen molar-refractivity contribution in [2.75, 3.05) is 0 Å². The van der Waals surface area contributed by atoms with Gasteiger partial charge in [0.2, 0.25) is 0 Å². The fourth-order valence-corrected chi connectivity index (χ4v) is 2.78. The molecular weight excluding hydrogens is 318 g/mol. The smallest absolute Gasteiger partial charge is 0.126 e. The van der Waals surface area contributed by atoms with Gasteiger partial charge in [0.25, 0.3) is 0 Å². The van der Waals surface area contributed by atoms with Crippen LogP contribution in [0.15, 0.2) is 36.4 Å². The monoisotopic (exact) mass is 338 g/mol. The molecule has 0 aromatic heterocycles. The van der Waals surface area contributed by atoms with E-state index < -0.39 is 0 Å². The topological polar surface area (TPSA) is 0 Å². The third kappa shape index (κ3) is 5.00. The number of hydrogen-bond donors (Lipinski definition) is 0. The summed E-state index contributed by atoms with van der Waals surface area (Å²) in [6, 6.07) is 11.3. The van der Waals surface area contributed by atoms with Gasteiger partial charge in [-0.3, -0.25) is 0 Å². The lowest BCUT2D eigenvalue weighted by Crippen LogP contribution is -2.00. The number of rotatable bonds is 6. The average Bonchev–Trinajstić information content (AvgIpc) is 2.49. The molecule has 0 fully saturated rings. The first-order valence-electron chi connectivity index (χ1n) is 7.64. The van der Waals surface area contributed by atoms with Gasteiger partial charge in [-0.25, -0.2) is 4.39 Å². The Kier molecular flexibility index (Phi) is 6.28. The molecule has 0 bridgehead atoms. The summed E-state index contributed by atoms with van der Waals surface area (Å²) in [6.45, 7) is 4.03. The van der Waals surface area contributed by atoms with Crippen molar-refractivity contribution in [3.8, 4) is 0 Å². The van der Waals surface area contributed by atoms with Crippen LogP contribution in [0.2, 0.25) is 10.0 Å². The van der Waals surface area contributed by atoms with Crippen LogP contribution in [0.5, 0.6) is 0 Å². The summed E-state index contributed by atoms with van der Waals surface area (Å²) in [5.41, 5.74) is 2.99. The molecule has 0 spiro atoms. The first kappa shape index (κ1) is 17.3. The zero-order valence-electron chi connectivity index (χ0n) is 13.0. The van der Waals surface area contributed by atoms with E-state index in [0.717, 1.165) is 31.2 Å². The molecule has 2 aromatic rings. The Morgan fingerprint density at radius 3 is 2.09 bits per heavy atom. The summed E-state index contributed by atoms with van der Waals surface area (Å²) in [5.74, 6) is 0.472. The van der Waals surface area contributed by atoms with Crippen molar-refractivity contribution in [3.63, 3.8) is 0 Å². The van der Waals surface area contributed by atoms with Crippen LogP contribution < -0.4 is 0 Å². The second-order valence-electron chi connectivity index (χ2n) is 6.01. The minimum absolute atomic E-state index is 0.110. The van der Waals surface area contributed by atoms with Gasteiger partial charge in [-0.15, -0.1) is 0 Å². The van der Waals surface area contributed by atoms with Crippen LogP contribution in [0.25, 0.3) is 0 Å². The van der Waals surface area contributed by atoms with Crippen LogP contribution in [0.3, 0.4) is 0 Å². The molecule has 0 amide bonds. The molecule has 0 N–H and O–H groups in total. The average molecular weight is 339 g/mol. The van der Waals surface area contributed by atoms with Gasteiger partial charge in [-0.05, 0) is 73.4 Å². The highest BCUT2D eigenvalue weighted by molar-refractivity contribution is 6.42. The largest absolute Gasteiger partial charge is 0.207 e. The lowest BCUT2D eigenvalue weighted by atomic mass is 9.94. The third-order valence-corrected chi connectivity index (χ3v) is 4.81. The van der Waals surface area contributed by atoms with Crippen LogP contribution in [-0.4, -0.2) is 0 Å². The number of halogens is 3.